The first-order valence-corrected chi connectivity index (χ1v) is 8.34. The molecule has 0 unspecified atom stereocenters. The average molecular weight is 379 g/mol. The minimum atomic E-state index is -0.683. The third kappa shape index (κ3) is 3.90. The zero-order valence-corrected chi connectivity index (χ0v) is 15.0. The van der Waals surface area contributed by atoms with Gasteiger partial charge in [0.1, 0.15) is 0 Å². The summed E-state index contributed by atoms with van der Waals surface area (Å²) in [4.78, 5) is 22.8. The number of carbonyl (C=O) groups is 1. The van der Waals surface area contributed by atoms with E-state index >= 15 is 0 Å². The van der Waals surface area contributed by atoms with Gasteiger partial charge in [0.15, 0.2) is 5.75 Å². The number of fused-ring (bicyclic) bond motifs is 1. The van der Waals surface area contributed by atoms with Crippen molar-refractivity contribution < 1.29 is 19.6 Å². The maximum Gasteiger partial charge on any atom is 0.323 e. The third-order valence-corrected chi connectivity index (χ3v) is 4.15. The Morgan fingerprint density at radius 2 is 1.96 bits per heavy atom. The Morgan fingerprint density at radius 3 is 2.71 bits per heavy atom. The van der Waals surface area contributed by atoms with Crippen molar-refractivity contribution in [3.05, 3.63) is 75.8 Å². The topological polar surface area (TPSA) is 114 Å². The van der Waals surface area contributed by atoms with Gasteiger partial charge in [-0.2, -0.15) is 5.10 Å². The zero-order chi connectivity index (χ0) is 20.1. The van der Waals surface area contributed by atoms with Gasteiger partial charge in [0, 0.05) is 0 Å². The summed E-state index contributed by atoms with van der Waals surface area (Å²) in [5.74, 6) is -0.983. The molecule has 0 spiro atoms. The molecule has 2 N–H and O–H groups in total. The summed E-state index contributed by atoms with van der Waals surface area (Å²) in [5.41, 5.74) is 2.87. The molecule has 0 saturated carbocycles. The van der Waals surface area contributed by atoms with Gasteiger partial charge in [0.05, 0.1) is 30.2 Å². The fourth-order valence-corrected chi connectivity index (χ4v) is 2.90. The van der Waals surface area contributed by atoms with Crippen LogP contribution in [0, 0.1) is 10.1 Å². The van der Waals surface area contributed by atoms with Crippen LogP contribution in [0.1, 0.15) is 11.1 Å². The van der Waals surface area contributed by atoms with Crippen LogP contribution >= 0.6 is 0 Å². The van der Waals surface area contributed by atoms with Gasteiger partial charge in [-0.3, -0.25) is 14.9 Å². The lowest BCUT2D eigenvalue weighted by Crippen LogP contribution is -2.20. The number of nitro groups is 1. The highest BCUT2D eigenvalue weighted by Gasteiger charge is 2.23. The maximum atomic E-state index is 12.2. The number of phenols is 1. The molecule has 0 radical (unpaired) electrons. The molecule has 3 aromatic rings. The summed E-state index contributed by atoms with van der Waals surface area (Å²) < 4.78 is 4.88. The van der Waals surface area contributed by atoms with Crippen molar-refractivity contribution in [2.24, 2.45) is 5.10 Å². The van der Waals surface area contributed by atoms with E-state index in [1.807, 2.05) is 42.5 Å². The highest BCUT2D eigenvalue weighted by Crippen LogP contribution is 2.37. The molecule has 3 rings (SSSR count). The number of phenolic OH excluding ortho intramolecular Hbond substituents is 1. The molecular weight excluding hydrogens is 362 g/mol. The minimum absolute atomic E-state index is 0.0881. The van der Waals surface area contributed by atoms with E-state index in [9.17, 15) is 20.0 Å². The van der Waals surface area contributed by atoms with Crippen molar-refractivity contribution in [3.63, 3.8) is 0 Å². The van der Waals surface area contributed by atoms with Gasteiger partial charge < -0.3 is 9.84 Å². The smallest absolute Gasteiger partial charge is 0.323 e. The second kappa shape index (κ2) is 8.17. The molecular formula is C20H17N3O5. The van der Waals surface area contributed by atoms with Crippen molar-refractivity contribution in [3.8, 4) is 11.5 Å². The van der Waals surface area contributed by atoms with E-state index in [1.54, 1.807) is 0 Å². The molecule has 3 aromatic carbocycles. The molecule has 0 aromatic heterocycles. The van der Waals surface area contributed by atoms with Crippen LogP contribution in [0.2, 0.25) is 0 Å². The first-order valence-electron chi connectivity index (χ1n) is 8.34. The average Bonchev–Trinajstić information content (AvgIpc) is 2.69. The number of hydrazone groups is 1. The number of hydrogen-bond donors (Lipinski definition) is 2. The van der Waals surface area contributed by atoms with Crippen LogP contribution in [0.15, 0.2) is 59.7 Å². The number of carbonyl (C=O) groups excluding carboxylic acids is 1. The van der Waals surface area contributed by atoms with Crippen molar-refractivity contribution in [1.29, 1.82) is 0 Å². The van der Waals surface area contributed by atoms with E-state index in [-0.39, 0.29) is 29.4 Å². The highest BCUT2D eigenvalue weighted by atomic mass is 16.6. The van der Waals surface area contributed by atoms with E-state index < -0.39 is 10.6 Å². The van der Waals surface area contributed by atoms with Crippen LogP contribution in [0.5, 0.6) is 11.5 Å². The van der Waals surface area contributed by atoms with Gasteiger partial charge in [0.2, 0.25) is 11.7 Å². The number of methoxy groups -OCH3 is 1. The van der Waals surface area contributed by atoms with Crippen LogP contribution in [-0.2, 0) is 11.2 Å². The number of rotatable bonds is 6. The molecule has 0 fully saturated rings. The van der Waals surface area contributed by atoms with Gasteiger partial charge in [-0.1, -0.05) is 42.5 Å². The van der Waals surface area contributed by atoms with Gasteiger partial charge in [-0.05, 0) is 28.5 Å². The molecule has 8 heteroatoms. The van der Waals surface area contributed by atoms with E-state index in [1.165, 1.54) is 19.2 Å². The van der Waals surface area contributed by atoms with Crippen LogP contribution in [0.4, 0.5) is 5.69 Å². The largest absolute Gasteiger partial charge is 0.504 e. The predicted molar refractivity (Wildman–Crippen MR) is 105 cm³/mol. The molecule has 8 nitrogen and oxygen atoms in total. The second-order valence-electron chi connectivity index (χ2n) is 5.92. The molecule has 28 heavy (non-hydrogen) atoms. The lowest BCUT2D eigenvalue weighted by Gasteiger charge is -2.07. The van der Waals surface area contributed by atoms with Crippen LogP contribution in [0.3, 0.4) is 0 Å². The minimum Gasteiger partial charge on any atom is -0.504 e. The molecule has 1 amide bonds. The number of aromatic hydroxyl groups is 1. The van der Waals surface area contributed by atoms with E-state index in [2.05, 4.69) is 10.5 Å². The SMILES string of the molecule is COc1c(O)ccc(C=NNC(=O)Cc2cccc3ccccc23)c1[N+](=O)[O-]. The third-order valence-electron chi connectivity index (χ3n) is 4.15. The molecule has 0 aliphatic rings. The Kier molecular flexibility index (Phi) is 5.50. The molecule has 142 valence electrons. The molecule has 0 aliphatic heterocycles. The van der Waals surface area contributed by atoms with Crippen molar-refractivity contribution >= 4 is 28.6 Å². The van der Waals surface area contributed by atoms with Crippen molar-refractivity contribution in [2.75, 3.05) is 7.11 Å². The maximum absolute atomic E-state index is 12.2. The zero-order valence-electron chi connectivity index (χ0n) is 15.0. The molecule has 0 heterocycles. The summed E-state index contributed by atoms with van der Waals surface area (Å²) in [5, 5.41) is 26.8. The Labute approximate surface area is 160 Å². The van der Waals surface area contributed by atoms with Gasteiger partial charge in [0.25, 0.3) is 0 Å². The lowest BCUT2D eigenvalue weighted by atomic mass is 10.0. The van der Waals surface area contributed by atoms with Crippen LogP contribution in [-0.4, -0.2) is 29.3 Å². The summed E-state index contributed by atoms with van der Waals surface area (Å²) in [6.45, 7) is 0. The Hall–Kier alpha value is -3.94. The first kappa shape index (κ1) is 18.8. The number of ether oxygens (including phenoxy) is 1. The molecule has 0 atom stereocenters. The number of nitrogens with one attached hydrogen (secondary N) is 1. The van der Waals surface area contributed by atoms with Crippen LogP contribution in [0.25, 0.3) is 10.8 Å². The van der Waals surface area contributed by atoms with Crippen LogP contribution < -0.4 is 10.2 Å². The van der Waals surface area contributed by atoms with E-state index in [0.717, 1.165) is 22.6 Å². The number of hydrogen-bond acceptors (Lipinski definition) is 6. The lowest BCUT2D eigenvalue weighted by molar-refractivity contribution is -0.386. The monoisotopic (exact) mass is 379 g/mol. The summed E-state index contributed by atoms with van der Waals surface area (Å²) in [6, 6.07) is 16.0. The first-order chi connectivity index (χ1) is 13.5. The predicted octanol–water partition coefficient (Wildman–Crippen LogP) is 3.16. The number of amides is 1. The Bertz CT molecular complexity index is 1070. The highest BCUT2D eigenvalue weighted by molar-refractivity contribution is 5.92. The number of nitro benzene ring substituents is 1. The summed E-state index contributed by atoms with van der Waals surface area (Å²) in [6.07, 6.45) is 1.25. The van der Waals surface area contributed by atoms with Gasteiger partial charge >= 0.3 is 5.69 Å². The number of benzene rings is 3. The molecule has 0 saturated heterocycles. The summed E-state index contributed by atoms with van der Waals surface area (Å²) in [7, 11) is 1.22. The molecule has 0 aliphatic carbocycles. The van der Waals surface area contributed by atoms with Gasteiger partial charge in [-0.25, -0.2) is 5.43 Å². The van der Waals surface area contributed by atoms with Crippen molar-refractivity contribution in [1.82, 2.24) is 5.43 Å². The van der Waals surface area contributed by atoms with E-state index in [0.29, 0.717) is 0 Å². The fraction of sp³-hybridized carbons (Fsp3) is 0.100. The normalized spacial score (nSPS) is 10.9. The summed E-state index contributed by atoms with van der Waals surface area (Å²) >= 11 is 0. The number of nitrogens with zero attached hydrogens (tertiary/aromatic N) is 2. The Balaban J connectivity index is 1.76. The van der Waals surface area contributed by atoms with Gasteiger partial charge in [-0.15, -0.1) is 0 Å². The van der Waals surface area contributed by atoms with E-state index in [4.69, 9.17) is 4.74 Å². The van der Waals surface area contributed by atoms with Crippen molar-refractivity contribution in [2.45, 2.75) is 6.42 Å². The Morgan fingerprint density at radius 1 is 1.21 bits per heavy atom. The fourth-order valence-electron chi connectivity index (χ4n) is 2.90. The molecule has 0 bridgehead atoms. The standard InChI is InChI=1S/C20H17N3O5/c1-28-20-17(24)10-9-15(19(20)23(26)27)12-21-22-18(25)11-14-7-4-6-13-5-2-3-8-16(13)14/h2-10,12,24H,11H2,1H3,(H,22,25). The quantitative estimate of drug-likeness (QED) is 0.388. The second-order valence-corrected chi connectivity index (χ2v) is 5.92.